The fourth-order valence-corrected chi connectivity index (χ4v) is 1.38. The lowest BCUT2D eigenvalue weighted by molar-refractivity contribution is -0.115. The highest BCUT2D eigenvalue weighted by molar-refractivity contribution is 6.30. The number of Topliss-reactive ketones (excluding diaryl/α,β-unsaturated/α-hetero) is 1. The summed E-state index contributed by atoms with van der Waals surface area (Å²) in [4.78, 5) is 10.8. The Morgan fingerprint density at radius 1 is 1.56 bits per heavy atom. The van der Waals surface area contributed by atoms with E-state index in [1.807, 2.05) is 12.1 Å². The van der Waals surface area contributed by atoms with Crippen molar-refractivity contribution < 1.29 is 10.0 Å². The average Bonchev–Trinajstić information content (AvgIpc) is 2.24. The van der Waals surface area contributed by atoms with Crippen LogP contribution in [-0.4, -0.2) is 16.7 Å². The summed E-state index contributed by atoms with van der Waals surface area (Å²) in [5.74, 6) is -0.0523. The van der Waals surface area contributed by atoms with Gasteiger partial charge in [-0.25, -0.2) is 0 Å². The Hall–Kier alpha value is -1.61. The molecule has 4 heteroatoms. The fraction of sp³-hybridized carbons (Fsp3) is 0.167. The molecule has 1 rings (SSSR count). The first-order chi connectivity index (χ1) is 7.61. The predicted molar refractivity (Wildman–Crippen MR) is 65.0 cm³/mol. The number of nitrogens with zero attached hydrogens (tertiary/aromatic N) is 1. The van der Waals surface area contributed by atoms with E-state index >= 15 is 0 Å². The third-order valence-corrected chi connectivity index (χ3v) is 2.11. The number of allylic oxidation sites excluding steroid dienone is 1. The van der Waals surface area contributed by atoms with Crippen LogP contribution < -0.4 is 0 Å². The summed E-state index contributed by atoms with van der Waals surface area (Å²) >= 11 is 5.81. The molecule has 0 bridgehead atoms. The average molecular weight is 238 g/mol. The summed E-state index contributed by atoms with van der Waals surface area (Å²) in [5.41, 5.74) is 1.21. The molecule has 0 fully saturated rings. The van der Waals surface area contributed by atoms with Gasteiger partial charge in [-0.05, 0) is 30.7 Å². The number of ketones is 1. The highest BCUT2D eigenvalue weighted by Gasteiger charge is 1.99. The molecule has 0 aliphatic carbocycles. The van der Waals surface area contributed by atoms with Gasteiger partial charge in [-0.1, -0.05) is 35.0 Å². The molecule has 0 amide bonds. The van der Waals surface area contributed by atoms with Crippen molar-refractivity contribution >= 4 is 29.2 Å². The molecule has 0 aliphatic heterocycles. The Balaban J connectivity index is 2.75. The monoisotopic (exact) mass is 237 g/mol. The summed E-state index contributed by atoms with van der Waals surface area (Å²) in [7, 11) is 0. The van der Waals surface area contributed by atoms with Crippen LogP contribution in [0, 0.1) is 0 Å². The van der Waals surface area contributed by atoms with Gasteiger partial charge in [-0.15, -0.1) is 0 Å². The lowest BCUT2D eigenvalue weighted by Crippen LogP contribution is -2.01. The molecule has 16 heavy (non-hydrogen) atoms. The van der Waals surface area contributed by atoms with Crippen molar-refractivity contribution in [2.24, 2.45) is 5.16 Å². The normalized spacial score (nSPS) is 12.0. The lowest BCUT2D eigenvalue weighted by atomic mass is 10.1. The summed E-state index contributed by atoms with van der Waals surface area (Å²) in [6, 6.07) is 7.24. The van der Waals surface area contributed by atoms with Crippen molar-refractivity contribution in [2.75, 3.05) is 0 Å². The zero-order valence-corrected chi connectivity index (χ0v) is 9.61. The standard InChI is InChI=1S/C12H12ClNO2/c1-9(15)7-12(14-16)6-5-10-3-2-4-11(13)8-10/h2-6,8,16H,7H2,1H3/b6-5+,14-12+. The minimum absolute atomic E-state index is 0.0523. The van der Waals surface area contributed by atoms with E-state index in [4.69, 9.17) is 16.8 Å². The van der Waals surface area contributed by atoms with Crippen LogP contribution in [0.25, 0.3) is 6.08 Å². The molecule has 0 atom stereocenters. The molecule has 3 nitrogen and oxygen atoms in total. The van der Waals surface area contributed by atoms with Crippen LogP contribution in [0.2, 0.25) is 5.02 Å². The van der Waals surface area contributed by atoms with Crippen LogP contribution in [0.5, 0.6) is 0 Å². The van der Waals surface area contributed by atoms with Crippen molar-refractivity contribution in [3.05, 3.63) is 40.9 Å². The number of rotatable bonds is 4. The maximum Gasteiger partial charge on any atom is 0.135 e. The Kier molecular flexibility index (Phi) is 4.73. The van der Waals surface area contributed by atoms with Gasteiger partial charge in [-0.2, -0.15) is 0 Å². The number of oxime groups is 1. The Morgan fingerprint density at radius 3 is 2.88 bits per heavy atom. The van der Waals surface area contributed by atoms with Crippen molar-refractivity contribution in [1.29, 1.82) is 0 Å². The predicted octanol–water partition coefficient (Wildman–Crippen LogP) is 3.16. The molecule has 0 unspecified atom stereocenters. The highest BCUT2D eigenvalue weighted by atomic mass is 35.5. The lowest BCUT2D eigenvalue weighted by Gasteiger charge is -1.96. The molecule has 1 N–H and O–H groups in total. The molecular weight excluding hydrogens is 226 g/mol. The van der Waals surface area contributed by atoms with E-state index in [1.54, 1.807) is 24.3 Å². The molecular formula is C12H12ClNO2. The van der Waals surface area contributed by atoms with Crippen LogP contribution in [0.4, 0.5) is 0 Å². The van der Waals surface area contributed by atoms with Gasteiger partial charge in [0.15, 0.2) is 0 Å². The Bertz CT molecular complexity index is 438. The fourth-order valence-electron chi connectivity index (χ4n) is 1.19. The molecule has 0 radical (unpaired) electrons. The van der Waals surface area contributed by atoms with Crippen molar-refractivity contribution in [3.8, 4) is 0 Å². The smallest absolute Gasteiger partial charge is 0.135 e. The molecule has 1 aromatic rings. The van der Waals surface area contributed by atoms with Gasteiger partial charge in [0.25, 0.3) is 0 Å². The number of carbonyl (C=O) groups is 1. The van der Waals surface area contributed by atoms with Gasteiger partial charge >= 0.3 is 0 Å². The summed E-state index contributed by atoms with van der Waals surface area (Å²) < 4.78 is 0. The van der Waals surface area contributed by atoms with Crippen LogP contribution >= 0.6 is 11.6 Å². The number of halogens is 1. The maximum atomic E-state index is 10.8. The number of hydrogen-bond donors (Lipinski definition) is 1. The van der Waals surface area contributed by atoms with E-state index in [0.717, 1.165) is 5.56 Å². The second-order valence-electron chi connectivity index (χ2n) is 3.36. The van der Waals surface area contributed by atoms with E-state index < -0.39 is 0 Å². The Morgan fingerprint density at radius 2 is 2.31 bits per heavy atom. The van der Waals surface area contributed by atoms with Gasteiger partial charge in [0.1, 0.15) is 5.78 Å². The summed E-state index contributed by atoms with van der Waals surface area (Å²) in [6.45, 7) is 1.44. The molecule has 0 aliphatic rings. The summed E-state index contributed by atoms with van der Waals surface area (Å²) in [5, 5.41) is 12.3. The first kappa shape index (κ1) is 12.5. The maximum absolute atomic E-state index is 10.8. The summed E-state index contributed by atoms with van der Waals surface area (Å²) in [6.07, 6.45) is 3.45. The molecule has 84 valence electrons. The molecule has 0 heterocycles. The zero-order chi connectivity index (χ0) is 12.0. The van der Waals surface area contributed by atoms with Crippen molar-refractivity contribution in [2.45, 2.75) is 13.3 Å². The van der Waals surface area contributed by atoms with Crippen LogP contribution in [0.15, 0.2) is 35.5 Å². The van der Waals surface area contributed by atoms with E-state index in [2.05, 4.69) is 5.16 Å². The Labute approximate surface area is 99.0 Å². The molecule has 1 aromatic carbocycles. The van der Waals surface area contributed by atoms with Crippen LogP contribution in [0.1, 0.15) is 18.9 Å². The second-order valence-corrected chi connectivity index (χ2v) is 3.79. The van der Waals surface area contributed by atoms with Crippen LogP contribution in [-0.2, 0) is 4.79 Å². The molecule has 0 saturated heterocycles. The van der Waals surface area contributed by atoms with E-state index in [1.165, 1.54) is 6.92 Å². The number of hydrogen-bond acceptors (Lipinski definition) is 3. The van der Waals surface area contributed by atoms with Crippen LogP contribution in [0.3, 0.4) is 0 Å². The third-order valence-electron chi connectivity index (χ3n) is 1.88. The van der Waals surface area contributed by atoms with Gasteiger partial charge in [0, 0.05) is 5.02 Å². The highest BCUT2D eigenvalue weighted by Crippen LogP contribution is 2.12. The minimum atomic E-state index is -0.0523. The SMILES string of the molecule is CC(=O)CC(/C=C/c1cccc(Cl)c1)=N/O. The first-order valence-electron chi connectivity index (χ1n) is 4.76. The largest absolute Gasteiger partial charge is 0.411 e. The number of carbonyl (C=O) groups excluding carboxylic acids is 1. The van der Waals surface area contributed by atoms with E-state index in [9.17, 15) is 4.79 Å². The zero-order valence-electron chi connectivity index (χ0n) is 8.85. The van der Waals surface area contributed by atoms with E-state index in [0.29, 0.717) is 10.7 Å². The van der Waals surface area contributed by atoms with Gasteiger partial charge < -0.3 is 5.21 Å². The molecule has 0 aromatic heterocycles. The van der Waals surface area contributed by atoms with E-state index in [-0.39, 0.29) is 12.2 Å². The topological polar surface area (TPSA) is 49.7 Å². The second kappa shape index (κ2) is 6.08. The van der Waals surface area contributed by atoms with Crippen molar-refractivity contribution in [1.82, 2.24) is 0 Å². The minimum Gasteiger partial charge on any atom is -0.411 e. The third kappa shape index (κ3) is 4.28. The molecule has 0 spiro atoms. The van der Waals surface area contributed by atoms with Gasteiger partial charge in [0.05, 0.1) is 12.1 Å². The van der Waals surface area contributed by atoms with Gasteiger partial charge in [0.2, 0.25) is 0 Å². The number of benzene rings is 1. The molecule has 0 saturated carbocycles. The first-order valence-corrected chi connectivity index (χ1v) is 5.13. The quantitative estimate of drug-likeness (QED) is 0.497. The van der Waals surface area contributed by atoms with Gasteiger partial charge in [-0.3, -0.25) is 4.79 Å². The van der Waals surface area contributed by atoms with Crippen molar-refractivity contribution in [3.63, 3.8) is 0 Å².